The normalized spacial score (nSPS) is 11.4. The van der Waals surface area contributed by atoms with Gasteiger partial charge in [-0.05, 0) is 11.6 Å². The van der Waals surface area contributed by atoms with Gasteiger partial charge < -0.3 is 4.74 Å². The third-order valence-electron chi connectivity index (χ3n) is 1.57. The molecule has 0 fully saturated rings. The van der Waals surface area contributed by atoms with Crippen LogP contribution in [0.5, 0.6) is 5.75 Å². The Morgan fingerprint density at radius 2 is 1.86 bits per heavy atom. The molecule has 1 radical (unpaired) electrons. The van der Waals surface area contributed by atoms with Gasteiger partial charge in [-0.3, -0.25) is 0 Å². The second-order valence-electron chi connectivity index (χ2n) is 2.61. The molecule has 1 rings (SSSR count). The number of halogens is 3. The van der Waals surface area contributed by atoms with Crippen LogP contribution in [0, 0.1) is 0 Å². The van der Waals surface area contributed by atoms with Crippen LogP contribution in [-0.2, 0) is 11.5 Å². The van der Waals surface area contributed by atoms with Gasteiger partial charge in [-0.25, -0.2) is 5.11 Å². The highest BCUT2D eigenvalue weighted by Crippen LogP contribution is 2.26. The first-order valence-electron chi connectivity index (χ1n) is 3.94. The predicted octanol–water partition coefficient (Wildman–Crippen LogP) is 2.56. The summed E-state index contributed by atoms with van der Waals surface area (Å²) in [5.74, 6) is -0.296. The number of hydrogen-bond donors (Lipinski definition) is 0. The van der Waals surface area contributed by atoms with Crippen LogP contribution in [0.3, 0.4) is 0 Å². The van der Waals surface area contributed by atoms with Gasteiger partial charge in [0.1, 0.15) is 5.75 Å². The number of ether oxygens (including phenoxy) is 1. The monoisotopic (exact) mass is 205 g/mol. The van der Waals surface area contributed by atoms with Gasteiger partial charge in [-0.15, -0.1) is 13.2 Å². The van der Waals surface area contributed by atoms with E-state index in [9.17, 15) is 18.3 Å². The fourth-order valence-corrected chi connectivity index (χ4v) is 1.04. The summed E-state index contributed by atoms with van der Waals surface area (Å²) < 4.78 is 39.3. The zero-order valence-electron chi connectivity index (χ0n) is 7.17. The van der Waals surface area contributed by atoms with Crippen LogP contribution < -0.4 is 4.74 Å². The predicted molar refractivity (Wildman–Crippen MR) is 42.4 cm³/mol. The van der Waals surface area contributed by atoms with Crippen molar-refractivity contribution in [2.45, 2.75) is 12.8 Å². The third kappa shape index (κ3) is 3.26. The lowest BCUT2D eigenvalue weighted by molar-refractivity contribution is -0.274. The Morgan fingerprint density at radius 3 is 2.43 bits per heavy atom. The lowest BCUT2D eigenvalue weighted by Gasteiger charge is -2.11. The molecule has 0 saturated heterocycles. The summed E-state index contributed by atoms with van der Waals surface area (Å²) in [7, 11) is 0. The standard InChI is InChI=1S/C9H8F3O2/c10-9(11,12)14-8-4-2-1-3-7(8)5-6-13/h1-4H,5-6H2. The van der Waals surface area contributed by atoms with Crippen LogP contribution in [0.2, 0.25) is 0 Å². The summed E-state index contributed by atoms with van der Waals surface area (Å²) in [5, 5.41) is 10.3. The maximum Gasteiger partial charge on any atom is 0.573 e. The Morgan fingerprint density at radius 1 is 1.21 bits per heavy atom. The second-order valence-corrected chi connectivity index (χ2v) is 2.61. The molecule has 5 heteroatoms. The summed E-state index contributed by atoms with van der Waals surface area (Å²) in [6.07, 6.45) is -4.68. The Balaban J connectivity index is 2.84. The average molecular weight is 205 g/mol. The molecule has 0 aromatic heterocycles. The minimum absolute atomic E-state index is 0.0340. The highest BCUT2D eigenvalue weighted by atomic mass is 19.4. The molecule has 0 amide bonds. The van der Waals surface area contributed by atoms with E-state index < -0.39 is 13.0 Å². The number of alkyl halides is 3. The summed E-state index contributed by atoms with van der Waals surface area (Å²) >= 11 is 0. The smallest absolute Gasteiger partial charge is 0.406 e. The molecule has 0 aliphatic carbocycles. The van der Waals surface area contributed by atoms with E-state index >= 15 is 0 Å². The van der Waals surface area contributed by atoms with E-state index in [0.717, 1.165) is 0 Å². The summed E-state index contributed by atoms with van der Waals surface area (Å²) in [6.45, 7) is -0.460. The first-order chi connectivity index (χ1) is 6.53. The van der Waals surface area contributed by atoms with Crippen molar-refractivity contribution >= 4 is 0 Å². The van der Waals surface area contributed by atoms with Crippen LogP contribution in [0.25, 0.3) is 0 Å². The minimum atomic E-state index is -4.71. The van der Waals surface area contributed by atoms with Gasteiger partial charge in [0.15, 0.2) is 0 Å². The molecule has 0 unspecified atom stereocenters. The van der Waals surface area contributed by atoms with Crippen LogP contribution in [0.1, 0.15) is 5.56 Å². The van der Waals surface area contributed by atoms with Crippen LogP contribution in [0.15, 0.2) is 24.3 Å². The van der Waals surface area contributed by atoms with Gasteiger partial charge in [-0.2, -0.15) is 0 Å². The van der Waals surface area contributed by atoms with Crippen molar-refractivity contribution in [3.8, 4) is 5.75 Å². The van der Waals surface area contributed by atoms with Crippen molar-refractivity contribution < 1.29 is 23.0 Å². The lowest BCUT2D eigenvalue weighted by atomic mass is 10.1. The van der Waals surface area contributed by atoms with Gasteiger partial charge in [0.25, 0.3) is 0 Å². The quantitative estimate of drug-likeness (QED) is 0.745. The van der Waals surface area contributed by atoms with Crippen molar-refractivity contribution in [3.05, 3.63) is 29.8 Å². The first kappa shape index (κ1) is 10.8. The second kappa shape index (κ2) is 4.32. The van der Waals surface area contributed by atoms with Crippen LogP contribution >= 0.6 is 0 Å². The molecule has 0 heterocycles. The zero-order chi connectivity index (χ0) is 10.6. The van der Waals surface area contributed by atoms with Crippen molar-refractivity contribution in [2.75, 3.05) is 6.61 Å². The summed E-state index contributed by atoms with van der Waals surface area (Å²) in [4.78, 5) is 0. The largest absolute Gasteiger partial charge is 0.573 e. The maximum atomic E-state index is 11.9. The van der Waals surface area contributed by atoms with E-state index in [4.69, 9.17) is 0 Å². The number of para-hydroxylation sites is 1. The zero-order valence-corrected chi connectivity index (χ0v) is 7.17. The molecule has 0 aliphatic rings. The van der Waals surface area contributed by atoms with Crippen LogP contribution in [0.4, 0.5) is 13.2 Å². The molecule has 14 heavy (non-hydrogen) atoms. The fraction of sp³-hybridized carbons (Fsp3) is 0.333. The Kier molecular flexibility index (Phi) is 3.35. The molecule has 2 nitrogen and oxygen atoms in total. The van der Waals surface area contributed by atoms with Gasteiger partial charge in [0.2, 0.25) is 0 Å². The molecule has 77 valence electrons. The van der Waals surface area contributed by atoms with Crippen LogP contribution in [-0.4, -0.2) is 13.0 Å². The maximum absolute atomic E-state index is 11.9. The minimum Gasteiger partial charge on any atom is -0.406 e. The van der Waals surface area contributed by atoms with E-state index in [0.29, 0.717) is 0 Å². The average Bonchev–Trinajstić information content (AvgIpc) is 2.06. The van der Waals surface area contributed by atoms with Gasteiger partial charge in [0, 0.05) is 6.42 Å². The molecule has 0 saturated carbocycles. The highest BCUT2D eigenvalue weighted by Gasteiger charge is 2.31. The molecular formula is C9H8F3O2. The molecular weight excluding hydrogens is 197 g/mol. The topological polar surface area (TPSA) is 29.1 Å². The molecule has 0 atom stereocenters. The molecule has 1 aromatic carbocycles. The third-order valence-corrected chi connectivity index (χ3v) is 1.57. The molecule has 1 aromatic rings. The van der Waals surface area contributed by atoms with E-state index in [1.165, 1.54) is 18.2 Å². The fourth-order valence-electron chi connectivity index (χ4n) is 1.04. The Hall–Kier alpha value is -1.23. The Bertz CT molecular complexity index is 296. The highest BCUT2D eigenvalue weighted by molar-refractivity contribution is 5.33. The van der Waals surface area contributed by atoms with E-state index in [2.05, 4.69) is 4.74 Å². The molecule has 0 aliphatic heterocycles. The van der Waals surface area contributed by atoms with E-state index in [1.807, 2.05) is 0 Å². The van der Waals surface area contributed by atoms with Gasteiger partial charge in [-0.1, -0.05) is 18.2 Å². The van der Waals surface area contributed by atoms with Gasteiger partial charge in [0.05, 0.1) is 6.61 Å². The van der Waals surface area contributed by atoms with Crippen molar-refractivity contribution in [3.63, 3.8) is 0 Å². The number of hydrogen-bond acceptors (Lipinski definition) is 1. The summed E-state index contributed by atoms with van der Waals surface area (Å²) in [5.41, 5.74) is 0.278. The van der Waals surface area contributed by atoms with Crippen molar-refractivity contribution in [1.82, 2.24) is 0 Å². The van der Waals surface area contributed by atoms with Gasteiger partial charge >= 0.3 is 6.36 Å². The number of rotatable bonds is 3. The van der Waals surface area contributed by atoms with Crippen molar-refractivity contribution in [2.24, 2.45) is 0 Å². The Labute approximate surface area is 78.9 Å². The first-order valence-corrected chi connectivity index (χ1v) is 3.94. The van der Waals surface area contributed by atoms with E-state index in [1.54, 1.807) is 6.07 Å². The molecule has 0 spiro atoms. The molecule has 0 bridgehead atoms. The lowest BCUT2D eigenvalue weighted by Crippen LogP contribution is -2.18. The SMILES string of the molecule is [O]CCc1ccccc1OC(F)(F)F. The molecule has 0 N–H and O–H groups in total. The van der Waals surface area contributed by atoms with E-state index in [-0.39, 0.29) is 17.7 Å². The number of benzene rings is 1. The summed E-state index contributed by atoms with van der Waals surface area (Å²) in [6, 6.07) is 5.63. The van der Waals surface area contributed by atoms with Crippen molar-refractivity contribution in [1.29, 1.82) is 0 Å².